The highest BCUT2D eigenvalue weighted by molar-refractivity contribution is 5.83. The minimum atomic E-state index is -0.359. The van der Waals surface area contributed by atoms with Gasteiger partial charge >= 0.3 is 0 Å². The topological polar surface area (TPSA) is 58.4 Å². The fourth-order valence-corrected chi connectivity index (χ4v) is 2.68. The number of nitrogens with two attached hydrogens (primary N) is 1. The van der Waals surface area contributed by atoms with Crippen molar-refractivity contribution in [2.75, 3.05) is 26.2 Å². The first-order chi connectivity index (χ1) is 8.61. The van der Waals surface area contributed by atoms with Gasteiger partial charge in [-0.1, -0.05) is 20.8 Å². The summed E-state index contributed by atoms with van der Waals surface area (Å²) in [5, 5.41) is 3.21. The minimum absolute atomic E-state index is 0.157. The Labute approximate surface area is 111 Å². The Morgan fingerprint density at radius 1 is 1.28 bits per heavy atom. The van der Waals surface area contributed by atoms with Gasteiger partial charge in [-0.25, -0.2) is 0 Å². The lowest BCUT2D eigenvalue weighted by molar-refractivity contribution is -0.132. The number of nitrogens with zero attached hydrogens (tertiary/aromatic N) is 1. The largest absolute Gasteiger partial charge is 0.353 e. The Balaban J connectivity index is 2.49. The van der Waals surface area contributed by atoms with Gasteiger partial charge in [-0.05, 0) is 32.2 Å². The molecule has 0 aromatic carbocycles. The maximum atomic E-state index is 12.4. The molecular weight excluding hydrogens is 226 g/mol. The van der Waals surface area contributed by atoms with E-state index in [9.17, 15) is 4.79 Å². The van der Waals surface area contributed by atoms with Gasteiger partial charge in [-0.15, -0.1) is 0 Å². The lowest BCUT2D eigenvalue weighted by Crippen LogP contribution is -2.51. The number of nitrogens with one attached hydrogen (secondary N) is 1. The van der Waals surface area contributed by atoms with Gasteiger partial charge in [-0.2, -0.15) is 0 Å². The second kappa shape index (κ2) is 7.10. The standard InChI is InChI=1S/C14H29N3O/c1-4-14(5-2,11-15)13(18)16-12-7-9-17(6-3)10-8-12/h12H,4-11,15H2,1-3H3,(H,16,18). The zero-order valence-electron chi connectivity index (χ0n) is 12.2. The molecule has 0 saturated carbocycles. The molecule has 1 saturated heterocycles. The van der Waals surface area contributed by atoms with Crippen molar-refractivity contribution in [3.63, 3.8) is 0 Å². The van der Waals surface area contributed by atoms with Crippen molar-refractivity contribution in [2.24, 2.45) is 11.1 Å². The Morgan fingerprint density at radius 3 is 2.22 bits per heavy atom. The molecule has 4 heteroatoms. The molecule has 4 nitrogen and oxygen atoms in total. The summed E-state index contributed by atoms with van der Waals surface area (Å²) < 4.78 is 0. The van der Waals surface area contributed by atoms with Crippen LogP contribution in [0.1, 0.15) is 46.5 Å². The molecule has 0 unspecified atom stereocenters. The van der Waals surface area contributed by atoms with E-state index in [4.69, 9.17) is 5.73 Å². The molecule has 1 aliphatic heterocycles. The van der Waals surface area contributed by atoms with Gasteiger partial charge < -0.3 is 16.0 Å². The summed E-state index contributed by atoms with van der Waals surface area (Å²) in [6.07, 6.45) is 3.76. The molecule has 1 heterocycles. The van der Waals surface area contributed by atoms with Crippen molar-refractivity contribution in [1.82, 2.24) is 10.2 Å². The second-order valence-electron chi connectivity index (χ2n) is 5.37. The summed E-state index contributed by atoms with van der Waals surface area (Å²) in [7, 11) is 0. The van der Waals surface area contributed by atoms with E-state index >= 15 is 0 Å². The minimum Gasteiger partial charge on any atom is -0.353 e. The van der Waals surface area contributed by atoms with Crippen molar-refractivity contribution >= 4 is 5.91 Å². The summed E-state index contributed by atoms with van der Waals surface area (Å²) in [6, 6.07) is 0.337. The summed E-state index contributed by atoms with van der Waals surface area (Å²) in [4.78, 5) is 14.8. The fraction of sp³-hybridized carbons (Fsp3) is 0.929. The number of hydrogen-bond donors (Lipinski definition) is 2. The third-order valence-electron chi connectivity index (χ3n) is 4.60. The lowest BCUT2D eigenvalue weighted by atomic mass is 9.81. The molecule has 1 aliphatic rings. The first-order valence-electron chi connectivity index (χ1n) is 7.35. The predicted molar refractivity (Wildman–Crippen MR) is 75.3 cm³/mol. The van der Waals surface area contributed by atoms with Gasteiger partial charge in [-0.3, -0.25) is 4.79 Å². The number of hydrogen-bond acceptors (Lipinski definition) is 3. The summed E-state index contributed by atoms with van der Waals surface area (Å²) in [5.74, 6) is 0.157. The van der Waals surface area contributed by atoms with Crippen molar-refractivity contribution in [2.45, 2.75) is 52.5 Å². The van der Waals surface area contributed by atoms with E-state index in [0.717, 1.165) is 45.3 Å². The molecule has 0 atom stereocenters. The average molecular weight is 255 g/mol. The van der Waals surface area contributed by atoms with Gasteiger partial charge in [0.05, 0.1) is 5.41 Å². The highest BCUT2D eigenvalue weighted by Crippen LogP contribution is 2.25. The molecule has 1 amide bonds. The van der Waals surface area contributed by atoms with Crippen molar-refractivity contribution in [1.29, 1.82) is 0 Å². The monoisotopic (exact) mass is 255 g/mol. The van der Waals surface area contributed by atoms with Gasteiger partial charge in [0.15, 0.2) is 0 Å². The van der Waals surface area contributed by atoms with Crippen LogP contribution in [0, 0.1) is 5.41 Å². The number of amides is 1. The Hall–Kier alpha value is -0.610. The van der Waals surface area contributed by atoms with Gasteiger partial charge in [0, 0.05) is 25.7 Å². The highest BCUT2D eigenvalue weighted by atomic mass is 16.2. The van der Waals surface area contributed by atoms with E-state index in [1.165, 1.54) is 0 Å². The molecule has 1 fully saturated rings. The number of rotatable bonds is 6. The van der Waals surface area contributed by atoms with E-state index in [1.54, 1.807) is 0 Å². The van der Waals surface area contributed by atoms with Crippen molar-refractivity contribution in [3.05, 3.63) is 0 Å². The Morgan fingerprint density at radius 2 is 1.83 bits per heavy atom. The Bertz CT molecular complexity index is 248. The average Bonchev–Trinajstić information content (AvgIpc) is 2.42. The maximum Gasteiger partial charge on any atom is 0.227 e. The van der Waals surface area contributed by atoms with Gasteiger partial charge in [0.2, 0.25) is 5.91 Å². The first kappa shape index (κ1) is 15.4. The molecule has 3 N–H and O–H groups in total. The van der Waals surface area contributed by atoms with Crippen LogP contribution in [0.25, 0.3) is 0 Å². The zero-order valence-corrected chi connectivity index (χ0v) is 12.2. The molecule has 0 bridgehead atoms. The van der Waals surface area contributed by atoms with Crippen LogP contribution in [0.3, 0.4) is 0 Å². The maximum absolute atomic E-state index is 12.4. The van der Waals surface area contributed by atoms with E-state index in [0.29, 0.717) is 12.6 Å². The van der Waals surface area contributed by atoms with E-state index in [2.05, 4.69) is 31.0 Å². The van der Waals surface area contributed by atoms with Crippen LogP contribution >= 0.6 is 0 Å². The summed E-state index contributed by atoms with van der Waals surface area (Å²) in [5.41, 5.74) is 5.45. The van der Waals surface area contributed by atoms with E-state index < -0.39 is 0 Å². The second-order valence-corrected chi connectivity index (χ2v) is 5.37. The van der Waals surface area contributed by atoms with Crippen LogP contribution in [-0.2, 0) is 4.79 Å². The van der Waals surface area contributed by atoms with Crippen LogP contribution in [0.4, 0.5) is 0 Å². The van der Waals surface area contributed by atoms with Crippen LogP contribution in [0.2, 0.25) is 0 Å². The SMILES string of the molecule is CCN1CCC(NC(=O)C(CC)(CC)CN)CC1. The smallest absolute Gasteiger partial charge is 0.227 e. The Kier molecular flexibility index (Phi) is 6.09. The molecule has 0 aromatic heterocycles. The number of likely N-dealkylation sites (tertiary alicyclic amines) is 1. The number of carbonyl (C=O) groups is 1. The number of carbonyl (C=O) groups excluding carboxylic acids is 1. The van der Waals surface area contributed by atoms with Crippen LogP contribution in [0.15, 0.2) is 0 Å². The quantitative estimate of drug-likeness (QED) is 0.753. The summed E-state index contributed by atoms with van der Waals surface area (Å²) >= 11 is 0. The molecule has 0 aliphatic carbocycles. The zero-order chi connectivity index (χ0) is 13.6. The molecule has 18 heavy (non-hydrogen) atoms. The third kappa shape index (κ3) is 3.45. The lowest BCUT2D eigenvalue weighted by Gasteiger charge is -2.35. The van der Waals surface area contributed by atoms with Crippen molar-refractivity contribution < 1.29 is 4.79 Å². The van der Waals surface area contributed by atoms with Crippen molar-refractivity contribution in [3.8, 4) is 0 Å². The highest BCUT2D eigenvalue weighted by Gasteiger charge is 2.34. The normalized spacial score (nSPS) is 18.9. The summed E-state index contributed by atoms with van der Waals surface area (Å²) in [6.45, 7) is 10.0. The van der Waals surface area contributed by atoms with E-state index in [-0.39, 0.29) is 11.3 Å². The molecular formula is C14H29N3O. The number of piperidine rings is 1. The van der Waals surface area contributed by atoms with Crippen LogP contribution < -0.4 is 11.1 Å². The van der Waals surface area contributed by atoms with E-state index in [1.807, 2.05) is 0 Å². The molecule has 0 radical (unpaired) electrons. The fourth-order valence-electron chi connectivity index (χ4n) is 2.68. The third-order valence-corrected chi connectivity index (χ3v) is 4.60. The molecule has 106 valence electrons. The van der Waals surface area contributed by atoms with Crippen LogP contribution in [-0.4, -0.2) is 43.0 Å². The molecule has 0 spiro atoms. The first-order valence-corrected chi connectivity index (χ1v) is 7.35. The molecule has 1 rings (SSSR count). The predicted octanol–water partition coefficient (Wildman–Crippen LogP) is 1.35. The van der Waals surface area contributed by atoms with Gasteiger partial charge in [0.1, 0.15) is 0 Å². The van der Waals surface area contributed by atoms with Crippen LogP contribution in [0.5, 0.6) is 0 Å². The molecule has 0 aromatic rings. The van der Waals surface area contributed by atoms with Gasteiger partial charge in [0.25, 0.3) is 0 Å².